The molecule has 1 aromatic heterocycles. The number of nitrogens with one attached hydrogen (secondary N) is 2. The summed E-state index contributed by atoms with van der Waals surface area (Å²) in [5.41, 5.74) is 2.90. The molecule has 0 spiro atoms. The summed E-state index contributed by atoms with van der Waals surface area (Å²) in [7, 11) is 0. The van der Waals surface area contributed by atoms with Gasteiger partial charge in [-0.3, -0.25) is 0 Å². The Bertz CT molecular complexity index is 636. The van der Waals surface area contributed by atoms with Gasteiger partial charge in [-0.15, -0.1) is 0 Å². The molecule has 0 bridgehead atoms. The zero-order chi connectivity index (χ0) is 15.6. The van der Waals surface area contributed by atoms with E-state index in [2.05, 4.69) is 15.3 Å². The lowest BCUT2D eigenvalue weighted by Crippen LogP contribution is -2.16. The van der Waals surface area contributed by atoms with Crippen LogP contribution in [0.2, 0.25) is 0 Å². The van der Waals surface area contributed by atoms with Crippen molar-refractivity contribution in [3.63, 3.8) is 0 Å². The summed E-state index contributed by atoms with van der Waals surface area (Å²) in [6.45, 7) is 1.66. The Balaban J connectivity index is 2.39. The van der Waals surface area contributed by atoms with Crippen molar-refractivity contribution in [3.05, 3.63) is 41.5 Å². The third-order valence-electron chi connectivity index (χ3n) is 2.44. The van der Waals surface area contributed by atoms with Gasteiger partial charge in [0.15, 0.2) is 0 Å². The first-order chi connectivity index (χ1) is 9.77. The molecule has 2 aromatic rings. The molecule has 5 nitrogen and oxygen atoms in total. The average molecular weight is 301 g/mol. The number of benzene rings is 1. The maximum atomic E-state index is 13.3. The molecule has 0 aliphatic carbocycles. The number of halogens is 4. The molecule has 1 aromatic carbocycles. The van der Waals surface area contributed by atoms with Crippen LogP contribution >= 0.6 is 0 Å². The fourth-order valence-electron chi connectivity index (χ4n) is 1.67. The van der Waals surface area contributed by atoms with Crippen molar-refractivity contribution in [3.8, 4) is 0 Å². The Morgan fingerprint density at radius 2 is 1.71 bits per heavy atom. The van der Waals surface area contributed by atoms with Gasteiger partial charge in [0.25, 0.3) is 0 Å². The van der Waals surface area contributed by atoms with Crippen molar-refractivity contribution in [1.29, 1.82) is 0 Å². The SMILES string of the molecule is Cc1cc(F)cc(Nc2cc(NN)nc(C(F)(F)F)n2)c1. The Kier molecular flexibility index (Phi) is 3.94. The number of aromatic nitrogens is 2. The molecular formula is C12H11F4N5. The van der Waals surface area contributed by atoms with Gasteiger partial charge in [-0.05, 0) is 30.7 Å². The lowest BCUT2D eigenvalue weighted by molar-refractivity contribution is -0.144. The van der Waals surface area contributed by atoms with Gasteiger partial charge >= 0.3 is 6.18 Å². The first-order valence-electron chi connectivity index (χ1n) is 5.75. The molecule has 0 saturated heterocycles. The van der Waals surface area contributed by atoms with Crippen LogP contribution in [0.3, 0.4) is 0 Å². The lowest BCUT2D eigenvalue weighted by atomic mass is 10.2. The number of nitrogens with two attached hydrogens (primary N) is 1. The van der Waals surface area contributed by atoms with Crippen LogP contribution in [-0.2, 0) is 6.18 Å². The molecule has 0 aliphatic rings. The van der Waals surface area contributed by atoms with E-state index in [-0.39, 0.29) is 17.3 Å². The van der Waals surface area contributed by atoms with E-state index in [0.29, 0.717) is 5.56 Å². The predicted molar refractivity (Wildman–Crippen MR) is 69.3 cm³/mol. The van der Waals surface area contributed by atoms with Gasteiger partial charge < -0.3 is 10.7 Å². The van der Waals surface area contributed by atoms with Crippen molar-refractivity contribution >= 4 is 17.3 Å². The summed E-state index contributed by atoms with van der Waals surface area (Å²) in [5.74, 6) is 2.84. The van der Waals surface area contributed by atoms with Crippen molar-refractivity contribution in [1.82, 2.24) is 9.97 Å². The monoisotopic (exact) mass is 301 g/mol. The average Bonchev–Trinajstić information content (AvgIpc) is 2.36. The summed E-state index contributed by atoms with van der Waals surface area (Å²) in [4.78, 5) is 6.56. The Hall–Kier alpha value is -2.42. The molecule has 112 valence electrons. The summed E-state index contributed by atoms with van der Waals surface area (Å²) < 4.78 is 51.3. The molecule has 0 radical (unpaired) electrons. The predicted octanol–water partition coefficient (Wildman–Crippen LogP) is 2.97. The molecule has 0 aliphatic heterocycles. The fourth-order valence-corrected chi connectivity index (χ4v) is 1.67. The lowest BCUT2D eigenvalue weighted by Gasteiger charge is -2.11. The number of hydrazine groups is 1. The smallest absolute Gasteiger partial charge is 0.340 e. The van der Waals surface area contributed by atoms with Crippen LogP contribution in [0.1, 0.15) is 11.4 Å². The van der Waals surface area contributed by atoms with E-state index in [9.17, 15) is 17.6 Å². The van der Waals surface area contributed by atoms with Crippen LogP contribution in [-0.4, -0.2) is 9.97 Å². The summed E-state index contributed by atoms with van der Waals surface area (Å²) >= 11 is 0. The third kappa shape index (κ3) is 3.78. The zero-order valence-electron chi connectivity index (χ0n) is 10.8. The van der Waals surface area contributed by atoms with Gasteiger partial charge in [0.1, 0.15) is 17.5 Å². The highest BCUT2D eigenvalue weighted by Crippen LogP contribution is 2.29. The molecule has 0 unspecified atom stereocenters. The highest BCUT2D eigenvalue weighted by Gasteiger charge is 2.35. The summed E-state index contributed by atoms with van der Waals surface area (Å²) in [6.07, 6.45) is -4.72. The normalized spacial score (nSPS) is 11.3. The largest absolute Gasteiger partial charge is 0.451 e. The van der Waals surface area contributed by atoms with E-state index in [1.165, 1.54) is 12.1 Å². The standard InChI is InChI=1S/C12H11F4N5/c1-6-2-7(13)4-8(3-6)18-9-5-10(21-17)20-11(19-9)12(14,15)16/h2-5H,17H2,1H3,(H2,18,19,20,21). The first kappa shape index (κ1) is 15.0. The summed E-state index contributed by atoms with van der Waals surface area (Å²) in [5, 5.41) is 2.59. The van der Waals surface area contributed by atoms with Gasteiger partial charge in [-0.25, -0.2) is 20.2 Å². The molecule has 21 heavy (non-hydrogen) atoms. The maximum absolute atomic E-state index is 13.3. The Morgan fingerprint density at radius 1 is 1.05 bits per heavy atom. The fraction of sp³-hybridized carbons (Fsp3) is 0.167. The van der Waals surface area contributed by atoms with Gasteiger partial charge in [0, 0.05) is 11.8 Å². The van der Waals surface area contributed by atoms with Crippen LogP contribution in [0.25, 0.3) is 0 Å². The van der Waals surface area contributed by atoms with E-state index in [1.54, 1.807) is 13.0 Å². The second-order valence-electron chi connectivity index (χ2n) is 4.25. The number of anilines is 3. The highest BCUT2D eigenvalue weighted by molar-refractivity contribution is 5.60. The minimum absolute atomic E-state index is 0.157. The Morgan fingerprint density at radius 3 is 2.29 bits per heavy atom. The quantitative estimate of drug-likeness (QED) is 0.461. The number of nitrogens with zero attached hydrogens (tertiary/aromatic N) is 2. The third-order valence-corrected chi connectivity index (χ3v) is 2.44. The van der Waals surface area contributed by atoms with Gasteiger partial charge in [-0.2, -0.15) is 13.2 Å². The molecule has 0 atom stereocenters. The summed E-state index contributed by atoms with van der Waals surface area (Å²) in [6, 6.07) is 5.17. The van der Waals surface area contributed by atoms with Crippen molar-refractivity contribution in [2.24, 2.45) is 5.84 Å². The molecule has 0 amide bonds. The molecule has 0 saturated carbocycles. The van der Waals surface area contributed by atoms with Gasteiger partial charge in [0.05, 0.1) is 0 Å². The number of hydrogen-bond acceptors (Lipinski definition) is 5. The maximum Gasteiger partial charge on any atom is 0.451 e. The molecule has 9 heteroatoms. The molecule has 2 rings (SSSR count). The van der Waals surface area contributed by atoms with E-state index in [0.717, 1.165) is 6.07 Å². The van der Waals surface area contributed by atoms with E-state index >= 15 is 0 Å². The first-order valence-corrected chi connectivity index (χ1v) is 5.75. The molecule has 4 N–H and O–H groups in total. The zero-order valence-corrected chi connectivity index (χ0v) is 10.8. The molecule has 1 heterocycles. The number of aryl methyl sites for hydroxylation is 1. The van der Waals surface area contributed by atoms with Crippen molar-refractivity contribution in [2.45, 2.75) is 13.1 Å². The van der Waals surface area contributed by atoms with Crippen LogP contribution in [0.4, 0.5) is 34.9 Å². The Labute approximate surface area is 117 Å². The highest BCUT2D eigenvalue weighted by atomic mass is 19.4. The van der Waals surface area contributed by atoms with Gasteiger partial charge in [0.2, 0.25) is 5.82 Å². The van der Waals surface area contributed by atoms with Crippen molar-refractivity contribution in [2.75, 3.05) is 10.7 Å². The number of nitrogen functional groups attached to an aromatic ring is 1. The molecular weight excluding hydrogens is 290 g/mol. The topological polar surface area (TPSA) is 75.9 Å². The van der Waals surface area contributed by atoms with E-state index in [4.69, 9.17) is 5.84 Å². The minimum Gasteiger partial charge on any atom is -0.340 e. The number of hydrogen-bond donors (Lipinski definition) is 3. The van der Waals surface area contributed by atoms with Crippen LogP contribution in [0.5, 0.6) is 0 Å². The van der Waals surface area contributed by atoms with Crippen molar-refractivity contribution < 1.29 is 17.6 Å². The number of rotatable bonds is 3. The molecule has 0 fully saturated rings. The van der Waals surface area contributed by atoms with E-state index in [1.807, 2.05) is 5.43 Å². The number of alkyl halides is 3. The van der Waals surface area contributed by atoms with Crippen LogP contribution in [0, 0.1) is 12.7 Å². The minimum atomic E-state index is -4.72. The van der Waals surface area contributed by atoms with Crippen LogP contribution < -0.4 is 16.6 Å². The van der Waals surface area contributed by atoms with Gasteiger partial charge in [-0.1, -0.05) is 0 Å². The van der Waals surface area contributed by atoms with Crippen LogP contribution in [0.15, 0.2) is 24.3 Å². The second kappa shape index (κ2) is 5.52. The van der Waals surface area contributed by atoms with E-state index < -0.39 is 17.8 Å². The second-order valence-corrected chi connectivity index (χ2v) is 4.25.